The number of aliphatic hydroxyl groups excluding tert-OH is 1. The fraction of sp³-hybridized carbons (Fsp3) is 0.405. The van der Waals surface area contributed by atoms with Crippen LogP contribution in [0.1, 0.15) is 56.1 Å². The molecule has 0 spiro atoms. The highest BCUT2D eigenvalue weighted by molar-refractivity contribution is 7.92. The van der Waals surface area contributed by atoms with E-state index in [1.54, 1.807) is 52.0 Å². The summed E-state index contributed by atoms with van der Waals surface area (Å²) >= 11 is 6.02. The molecule has 0 saturated carbocycles. The second-order valence-electron chi connectivity index (χ2n) is 13.5. The summed E-state index contributed by atoms with van der Waals surface area (Å²) in [5.74, 6) is -2.04. The molecule has 4 rings (SSSR count). The lowest BCUT2D eigenvalue weighted by Gasteiger charge is -2.33. The number of nitrogen functional groups attached to an aromatic ring is 1. The summed E-state index contributed by atoms with van der Waals surface area (Å²) in [5, 5.41) is 16.6. The van der Waals surface area contributed by atoms with E-state index < -0.39 is 63.1 Å². The van der Waals surface area contributed by atoms with Gasteiger partial charge in [-0.25, -0.2) is 13.2 Å². The van der Waals surface area contributed by atoms with Crippen molar-refractivity contribution >= 4 is 50.8 Å². The van der Waals surface area contributed by atoms with Crippen molar-refractivity contribution in [2.24, 2.45) is 11.8 Å². The van der Waals surface area contributed by atoms with Crippen LogP contribution in [0.25, 0.3) is 0 Å². The fourth-order valence-electron chi connectivity index (χ4n) is 6.16. The number of hydrogen-bond donors (Lipinski definition) is 4. The Bertz CT molecular complexity index is 1850. The molecule has 0 aromatic heterocycles. The van der Waals surface area contributed by atoms with E-state index in [1.807, 2.05) is 30.3 Å². The van der Waals surface area contributed by atoms with Crippen molar-refractivity contribution in [1.82, 2.24) is 20.4 Å². The number of benzene rings is 3. The number of amides is 4. The van der Waals surface area contributed by atoms with Crippen molar-refractivity contribution in [2.75, 3.05) is 18.8 Å². The van der Waals surface area contributed by atoms with Gasteiger partial charge in [-0.1, -0.05) is 87.8 Å². The van der Waals surface area contributed by atoms with Gasteiger partial charge in [-0.15, -0.1) is 0 Å². The molecule has 14 heteroatoms. The van der Waals surface area contributed by atoms with Crippen LogP contribution in [-0.2, 0) is 32.4 Å². The number of nitrogens with zero attached hydrogens (tertiary/aromatic N) is 2. The Morgan fingerprint density at radius 3 is 2.22 bits per heavy atom. The number of nitrogens with one attached hydrogen (secondary N) is 2. The topological polar surface area (TPSA) is 179 Å². The third-order valence-electron chi connectivity index (χ3n) is 8.85. The molecule has 4 atom stereocenters. The van der Waals surface area contributed by atoms with Gasteiger partial charge in [-0.3, -0.25) is 24.6 Å². The first-order chi connectivity index (χ1) is 24.0. The van der Waals surface area contributed by atoms with Gasteiger partial charge in [0.1, 0.15) is 18.0 Å². The van der Waals surface area contributed by atoms with E-state index in [0.717, 1.165) is 10.5 Å². The average Bonchev–Trinajstić information content (AvgIpc) is 3.33. The quantitative estimate of drug-likeness (QED) is 0.0959. The molecule has 0 unspecified atom stereocenters. The van der Waals surface area contributed by atoms with Crippen molar-refractivity contribution in [3.8, 4) is 0 Å². The number of hydrogen-bond acceptors (Lipinski definition) is 9. The molecule has 274 valence electrons. The first kappa shape index (κ1) is 39.5. The third kappa shape index (κ3) is 9.53. The molecular weight excluding hydrogens is 694 g/mol. The lowest BCUT2D eigenvalue weighted by Crippen LogP contribution is -2.57. The molecule has 12 nitrogen and oxygen atoms in total. The van der Waals surface area contributed by atoms with Crippen LogP contribution in [0.15, 0.2) is 77.7 Å². The van der Waals surface area contributed by atoms with Crippen LogP contribution in [0.3, 0.4) is 0 Å². The van der Waals surface area contributed by atoms with Crippen LogP contribution < -0.4 is 16.4 Å². The molecule has 1 heterocycles. The predicted molar refractivity (Wildman–Crippen MR) is 195 cm³/mol. The number of sulfone groups is 1. The Morgan fingerprint density at radius 1 is 0.941 bits per heavy atom. The van der Waals surface area contributed by atoms with Gasteiger partial charge in [0, 0.05) is 12.1 Å². The van der Waals surface area contributed by atoms with Crippen LogP contribution in [0, 0.1) is 11.8 Å². The zero-order chi connectivity index (χ0) is 37.6. The lowest BCUT2D eigenvalue weighted by molar-refractivity contribution is -0.129. The number of Topliss-reactive ketones (excluding diaryl/α,β-unsaturated/α-hetero) is 1. The summed E-state index contributed by atoms with van der Waals surface area (Å²) < 4.78 is 27.3. The molecule has 1 aliphatic heterocycles. The first-order valence-electron chi connectivity index (χ1n) is 16.8. The molecule has 1 aliphatic rings. The summed E-state index contributed by atoms with van der Waals surface area (Å²) in [6.45, 7) is 7.82. The number of ketones is 1. The van der Waals surface area contributed by atoms with Gasteiger partial charge in [0.25, 0.3) is 5.91 Å². The second kappa shape index (κ2) is 16.8. The van der Waals surface area contributed by atoms with Gasteiger partial charge in [0.15, 0.2) is 15.6 Å². The minimum Gasteiger partial charge on any atom is -0.397 e. The summed E-state index contributed by atoms with van der Waals surface area (Å²) in [6.07, 6.45) is -1.08. The van der Waals surface area contributed by atoms with Gasteiger partial charge in [0.2, 0.25) is 5.91 Å². The number of rotatable bonds is 16. The molecule has 0 bridgehead atoms. The summed E-state index contributed by atoms with van der Waals surface area (Å²) in [5.41, 5.74) is 7.86. The number of urea groups is 1. The average molecular weight is 740 g/mol. The molecule has 4 amide bonds. The molecule has 5 N–H and O–H groups in total. The summed E-state index contributed by atoms with van der Waals surface area (Å²) in [4.78, 5) is 54.9. The van der Waals surface area contributed by atoms with E-state index >= 15 is 0 Å². The van der Waals surface area contributed by atoms with E-state index in [9.17, 15) is 32.7 Å². The Hall–Kier alpha value is -4.30. The van der Waals surface area contributed by atoms with Crippen molar-refractivity contribution < 1.29 is 32.7 Å². The number of anilines is 1. The Labute approximate surface area is 304 Å². The fourth-order valence-corrected chi connectivity index (χ4v) is 8.15. The van der Waals surface area contributed by atoms with Gasteiger partial charge in [0.05, 0.1) is 34.3 Å². The molecule has 1 saturated heterocycles. The Kier molecular flexibility index (Phi) is 13.0. The maximum absolute atomic E-state index is 14.0. The van der Waals surface area contributed by atoms with Gasteiger partial charge >= 0.3 is 6.03 Å². The van der Waals surface area contributed by atoms with Gasteiger partial charge < -0.3 is 21.1 Å². The van der Waals surface area contributed by atoms with Gasteiger partial charge in [-0.05, 0) is 60.6 Å². The van der Waals surface area contributed by atoms with Crippen LogP contribution in [-0.4, -0.2) is 83.6 Å². The number of carbonyl (C=O) groups excluding carboxylic acids is 4. The maximum Gasteiger partial charge on any atom is 0.328 e. The van der Waals surface area contributed by atoms with Crippen molar-refractivity contribution in [1.29, 1.82) is 0 Å². The van der Waals surface area contributed by atoms with E-state index in [1.165, 1.54) is 30.0 Å². The zero-order valence-corrected chi connectivity index (χ0v) is 30.9. The standard InChI is InChI=1S/C37H46ClN5O7S/c1-22(2)34(43-21-33(46)42(37(43)48)20-26-12-9-13-27(16-26)24(5)44)35(47)41-31(17-25-10-7-6-8-11-25)32(45)19-40-36(23(3)4)51(49,50)28-14-15-29(38)30(39)18-28/h6-16,18,22-23,31-32,34,36,40,45H,17,19-21,39H2,1-5H3,(H,41,47)/t31-,32+,34-,36-/m0/s1. The highest BCUT2D eigenvalue weighted by atomic mass is 35.5. The third-order valence-corrected chi connectivity index (χ3v) is 11.5. The number of imide groups is 1. The van der Waals surface area contributed by atoms with Crippen LogP contribution >= 0.6 is 11.6 Å². The minimum atomic E-state index is -3.97. The van der Waals surface area contributed by atoms with E-state index in [-0.39, 0.29) is 47.4 Å². The highest BCUT2D eigenvalue weighted by Gasteiger charge is 2.44. The number of nitrogens with two attached hydrogens (primary N) is 1. The SMILES string of the molecule is CC(=O)c1cccc(CN2C(=O)CN([C@H](C(=O)N[C@@H](Cc3ccccc3)[C@H](O)CN[C@H](C(C)C)S(=O)(=O)c3ccc(Cl)c(N)c3)C(C)C)C2=O)c1. The monoisotopic (exact) mass is 739 g/mol. The number of aliphatic hydroxyl groups is 1. The summed E-state index contributed by atoms with van der Waals surface area (Å²) in [6, 6.07) is 17.3. The molecule has 3 aromatic rings. The molecule has 3 aromatic carbocycles. The Morgan fingerprint density at radius 2 is 1.61 bits per heavy atom. The van der Waals surface area contributed by atoms with Crippen molar-refractivity contribution in [3.05, 3.63) is 94.5 Å². The molecule has 1 fully saturated rings. The predicted octanol–water partition coefficient (Wildman–Crippen LogP) is 4.05. The Balaban J connectivity index is 1.54. The highest BCUT2D eigenvalue weighted by Crippen LogP contribution is 2.27. The van der Waals surface area contributed by atoms with Crippen LogP contribution in [0.4, 0.5) is 10.5 Å². The van der Waals surface area contributed by atoms with E-state index in [2.05, 4.69) is 10.6 Å². The van der Waals surface area contributed by atoms with Crippen molar-refractivity contribution in [3.63, 3.8) is 0 Å². The summed E-state index contributed by atoms with van der Waals surface area (Å²) in [7, 11) is -3.97. The molecule has 0 aliphatic carbocycles. The minimum absolute atomic E-state index is 0.0237. The lowest BCUT2D eigenvalue weighted by atomic mass is 9.97. The number of carbonyl (C=O) groups is 4. The van der Waals surface area contributed by atoms with Crippen molar-refractivity contribution in [2.45, 2.75) is 76.0 Å². The normalized spacial score (nSPS) is 16.0. The van der Waals surface area contributed by atoms with Gasteiger partial charge in [-0.2, -0.15) is 0 Å². The largest absolute Gasteiger partial charge is 0.397 e. The smallest absolute Gasteiger partial charge is 0.328 e. The van der Waals surface area contributed by atoms with Crippen LogP contribution in [0.5, 0.6) is 0 Å². The maximum atomic E-state index is 14.0. The number of halogens is 1. The second-order valence-corrected chi connectivity index (χ2v) is 16.0. The van der Waals surface area contributed by atoms with Crippen LogP contribution in [0.2, 0.25) is 5.02 Å². The zero-order valence-electron chi connectivity index (χ0n) is 29.4. The molecular formula is C37H46ClN5O7S. The van der Waals surface area contributed by atoms with E-state index in [0.29, 0.717) is 11.1 Å². The molecule has 0 radical (unpaired) electrons. The molecule has 51 heavy (non-hydrogen) atoms. The van der Waals surface area contributed by atoms with E-state index in [4.69, 9.17) is 17.3 Å². The first-order valence-corrected chi connectivity index (χ1v) is 18.7.